The van der Waals surface area contributed by atoms with E-state index in [2.05, 4.69) is 9.97 Å². The van der Waals surface area contributed by atoms with Crippen molar-refractivity contribution in [2.75, 3.05) is 13.2 Å². The number of aromatic nitrogens is 2. The van der Waals surface area contributed by atoms with Gasteiger partial charge in [-0.1, -0.05) is 11.6 Å². The van der Waals surface area contributed by atoms with Gasteiger partial charge in [-0.25, -0.2) is 4.79 Å². The van der Waals surface area contributed by atoms with Crippen LogP contribution in [0.3, 0.4) is 0 Å². The van der Waals surface area contributed by atoms with Gasteiger partial charge >= 0.3 is 11.7 Å². The summed E-state index contributed by atoms with van der Waals surface area (Å²) in [5.41, 5.74) is -1.03. The number of H-pyrrole nitrogens is 1. The molecule has 0 fully saturated rings. The van der Waals surface area contributed by atoms with Crippen LogP contribution in [-0.2, 0) is 9.53 Å². The number of aromatic amines is 1. The van der Waals surface area contributed by atoms with Crippen molar-refractivity contribution in [1.29, 1.82) is 0 Å². The van der Waals surface area contributed by atoms with Crippen molar-refractivity contribution in [2.24, 2.45) is 0 Å². The van der Waals surface area contributed by atoms with E-state index in [0.29, 0.717) is 11.1 Å². The summed E-state index contributed by atoms with van der Waals surface area (Å²) >= 11 is 6.24. The third kappa shape index (κ3) is 3.09. The summed E-state index contributed by atoms with van der Waals surface area (Å²) in [5.74, 6) is -0.212. The lowest BCUT2D eigenvalue weighted by Gasteiger charge is -2.11. The van der Waals surface area contributed by atoms with Gasteiger partial charge in [0.05, 0.1) is 0 Å². The summed E-state index contributed by atoms with van der Waals surface area (Å²) in [7, 11) is 0. The molecule has 2 aliphatic heterocycles. The van der Waals surface area contributed by atoms with Crippen molar-refractivity contribution in [2.45, 2.75) is 6.92 Å². The Balaban J connectivity index is 2.00. The minimum atomic E-state index is -0.805. The number of carbonyl (C=O) groups excluding carboxylic acids is 1. The Kier molecular flexibility index (Phi) is 4.22. The van der Waals surface area contributed by atoms with Gasteiger partial charge < -0.3 is 13.9 Å². The number of nitrogens with one attached hydrogen (secondary N) is 1. The van der Waals surface area contributed by atoms with E-state index in [1.165, 1.54) is 13.0 Å². The molecule has 24 heavy (non-hydrogen) atoms. The quantitative estimate of drug-likeness (QED) is 0.432. The molecule has 0 aliphatic carbocycles. The van der Waals surface area contributed by atoms with Crippen LogP contribution in [0.4, 0.5) is 0 Å². The summed E-state index contributed by atoms with van der Waals surface area (Å²) in [6, 6.07) is 4.77. The van der Waals surface area contributed by atoms with Crippen molar-refractivity contribution in [3.63, 3.8) is 0 Å². The first kappa shape index (κ1) is 16.0. The molecule has 0 amide bonds. The molecule has 0 aromatic heterocycles. The number of benzene rings is 1. The van der Waals surface area contributed by atoms with Crippen LogP contribution >= 0.6 is 11.6 Å². The van der Waals surface area contributed by atoms with Crippen molar-refractivity contribution < 1.29 is 18.7 Å². The first-order chi connectivity index (χ1) is 11.5. The zero-order valence-corrected chi connectivity index (χ0v) is 13.2. The molecule has 3 rings (SSSR count). The number of fused-ring (bicyclic) bond motifs is 2. The Morgan fingerprint density at radius 1 is 1.33 bits per heavy atom. The van der Waals surface area contributed by atoms with Crippen LogP contribution in [0.1, 0.15) is 6.92 Å². The highest BCUT2D eigenvalue weighted by atomic mass is 35.5. The average molecular weight is 351 g/mol. The smallest absolute Gasteiger partial charge is 0.351 e. The molecule has 0 atom stereocenters. The van der Waals surface area contributed by atoms with Gasteiger partial charge in [0.2, 0.25) is 5.89 Å². The minimum absolute atomic E-state index is 0.0784. The molecule has 2 heterocycles. The molecular weight excluding hydrogens is 340 g/mol. The molecule has 0 saturated carbocycles. The normalized spacial score (nSPS) is 10.9. The van der Waals surface area contributed by atoms with E-state index in [0.717, 1.165) is 0 Å². The van der Waals surface area contributed by atoms with Crippen molar-refractivity contribution >= 4 is 28.5 Å². The van der Waals surface area contributed by atoms with E-state index < -0.39 is 17.2 Å². The van der Waals surface area contributed by atoms with E-state index >= 15 is 0 Å². The van der Waals surface area contributed by atoms with E-state index in [4.69, 9.17) is 25.5 Å². The number of halogens is 1. The van der Waals surface area contributed by atoms with Crippen LogP contribution in [0.5, 0.6) is 5.75 Å². The summed E-state index contributed by atoms with van der Waals surface area (Å²) < 4.78 is 15.7. The Morgan fingerprint density at radius 2 is 2.12 bits per heavy atom. The lowest BCUT2D eigenvalue weighted by atomic mass is 10.1. The molecule has 2 aliphatic rings. The Hall–Kier alpha value is -2.87. The molecule has 0 unspecified atom stereocenters. The van der Waals surface area contributed by atoms with Crippen LogP contribution < -0.4 is 16.0 Å². The van der Waals surface area contributed by atoms with Crippen molar-refractivity contribution in [3.05, 3.63) is 44.1 Å². The van der Waals surface area contributed by atoms with Crippen LogP contribution in [0.15, 0.2) is 32.2 Å². The summed E-state index contributed by atoms with van der Waals surface area (Å²) in [5, 5.41) is 0.706. The van der Waals surface area contributed by atoms with Gasteiger partial charge in [-0.2, -0.15) is 4.98 Å². The monoisotopic (exact) mass is 350 g/mol. The van der Waals surface area contributed by atoms with Gasteiger partial charge in [-0.05, 0) is 18.2 Å². The average Bonchev–Trinajstić information content (AvgIpc) is 2.52. The number of rotatable bonds is 4. The molecule has 0 bridgehead atoms. The van der Waals surface area contributed by atoms with E-state index in [-0.39, 0.29) is 35.3 Å². The number of ether oxygens (including phenoxy) is 2. The Bertz CT molecular complexity index is 1010. The fraction of sp³-hybridized carbons (Fsp3) is 0.200. The third-order valence-electron chi connectivity index (χ3n) is 3.14. The number of hydrogen-bond donors (Lipinski definition) is 1. The molecule has 1 N–H and O–H groups in total. The van der Waals surface area contributed by atoms with Crippen molar-refractivity contribution in [1.82, 2.24) is 9.97 Å². The molecule has 0 radical (unpaired) electrons. The molecule has 1 aromatic carbocycles. The van der Waals surface area contributed by atoms with Gasteiger partial charge in [0, 0.05) is 12.3 Å². The third-order valence-corrected chi connectivity index (χ3v) is 3.49. The highest BCUT2D eigenvalue weighted by Crippen LogP contribution is 2.35. The number of hydrogen-bond acceptors (Lipinski definition) is 7. The number of carbonyl (C=O) groups is 1. The second kappa shape index (κ2) is 6.32. The summed E-state index contributed by atoms with van der Waals surface area (Å²) in [6.45, 7) is 1.49. The topological polar surface area (TPSA) is 111 Å². The SMILES string of the molecule is CC(=O)OCCOc1ccc2cc3c(=O)[nH]c(=O)nc-3oc2c1Cl. The molecule has 0 saturated heterocycles. The van der Waals surface area contributed by atoms with Gasteiger partial charge in [0.25, 0.3) is 5.56 Å². The van der Waals surface area contributed by atoms with E-state index in [9.17, 15) is 14.4 Å². The molecule has 124 valence electrons. The van der Waals surface area contributed by atoms with Gasteiger partial charge in [-0.3, -0.25) is 14.6 Å². The van der Waals surface area contributed by atoms with Crippen molar-refractivity contribution in [3.8, 4) is 17.2 Å². The predicted molar refractivity (Wildman–Crippen MR) is 84.7 cm³/mol. The summed E-state index contributed by atoms with van der Waals surface area (Å²) in [6.07, 6.45) is 0. The van der Waals surface area contributed by atoms with Crippen LogP contribution in [0, 0.1) is 0 Å². The molecule has 1 aromatic rings. The highest BCUT2D eigenvalue weighted by Gasteiger charge is 2.17. The highest BCUT2D eigenvalue weighted by molar-refractivity contribution is 6.36. The number of esters is 1. The van der Waals surface area contributed by atoms with E-state index in [1.54, 1.807) is 12.1 Å². The molecule has 0 spiro atoms. The maximum absolute atomic E-state index is 11.8. The maximum atomic E-state index is 11.8. The lowest BCUT2D eigenvalue weighted by molar-refractivity contribution is -0.141. The lowest BCUT2D eigenvalue weighted by Crippen LogP contribution is -2.24. The summed E-state index contributed by atoms with van der Waals surface area (Å²) in [4.78, 5) is 39.4. The second-order valence-electron chi connectivity index (χ2n) is 4.82. The van der Waals surface area contributed by atoms with Crippen LogP contribution in [0.2, 0.25) is 5.02 Å². The zero-order chi connectivity index (χ0) is 17.3. The standard InChI is InChI=1S/C15H11ClN2O6/c1-7(19)22-4-5-23-10-3-2-8-6-9-13(20)17-15(21)18-14(9)24-12(8)11(10)16/h2-3,6H,4-5H2,1H3,(H,17,20,21). The van der Waals surface area contributed by atoms with E-state index in [1.807, 2.05) is 0 Å². The van der Waals surface area contributed by atoms with Crippen LogP contribution in [-0.4, -0.2) is 29.2 Å². The molecule has 9 heteroatoms. The predicted octanol–water partition coefficient (Wildman–Crippen LogP) is 1.58. The first-order valence-electron chi connectivity index (χ1n) is 6.88. The maximum Gasteiger partial charge on any atom is 0.351 e. The largest absolute Gasteiger partial charge is 0.488 e. The Labute approximate surface area is 139 Å². The van der Waals surface area contributed by atoms with Gasteiger partial charge in [0.15, 0.2) is 5.58 Å². The second-order valence-corrected chi connectivity index (χ2v) is 5.20. The number of nitrogens with zero attached hydrogens (tertiary/aromatic N) is 1. The molecular formula is C15H11ClN2O6. The fourth-order valence-electron chi connectivity index (χ4n) is 2.12. The minimum Gasteiger partial charge on any atom is -0.488 e. The van der Waals surface area contributed by atoms with Gasteiger partial charge in [-0.15, -0.1) is 0 Å². The van der Waals surface area contributed by atoms with Gasteiger partial charge in [0.1, 0.15) is 29.5 Å². The van der Waals surface area contributed by atoms with Crippen LogP contribution in [0.25, 0.3) is 22.4 Å². The Morgan fingerprint density at radius 3 is 2.88 bits per heavy atom. The zero-order valence-electron chi connectivity index (χ0n) is 12.4. The first-order valence-corrected chi connectivity index (χ1v) is 7.26. The molecule has 8 nitrogen and oxygen atoms in total. The fourth-order valence-corrected chi connectivity index (χ4v) is 2.38.